The summed E-state index contributed by atoms with van der Waals surface area (Å²) >= 11 is 0. The van der Waals surface area contributed by atoms with Crippen LogP contribution in [0, 0.1) is 6.92 Å². The molecule has 0 aliphatic carbocycles. The van der Waals surface area contributed by atoms with Gasteiger partial charge in [-0.1, -0.05) is 0 Å². The summed E-state index contributed by atoms with van der Waals surface area (Å²) in [5.74, 6) is 0.246. The highest BCUT2D eigenvalue weighted by atomic mass is 16.6. The average Bonchev–Trinajstić information content (AvgIpc) is 2.87. The SMILES string of the molecule is Cc1cnn2ccc(C3CCCN(C(=O)OC(C)(C)C)C3)nc12. The fourth-order valence-electron chi connectivity index (χ4n) is 2.94. The third-order valence-corrected chi connectivity index (χ3v) is 4.06. The second-order valence-corrected chi connectivity index (χ2v) is 7.21. The second-order valence-electron chi connectivity index (χ2n) is 7.21. The van der Waals surface area contributed by atoms with Crippen molar-refractivity contribution in [2.45, 2.75) is 52.1 Å². The number of piperidine rings is 1. The number of hydrogen-bond acceptors (Lipinski definition) is 4. The Balaban J connectivity index is 1.77. The number of carbonyl (C=O) groups excluding carboxylic acids is 1. The molecule has 1 saturated heterocycles. The lowest BCUT2D eigenvalue weighted by molar-refractivity contribution is 0.0197. The van der Waals surface area contributed by atoms with E-state index >= 15 is 0 Å². The van der Waals surface area contributed by atoms with Gasteiger partial charge in [0.2, 0.25) is 0 Å². The van der Waals surface area contributed by atoms with Gasteiger partial charge in [-0.2, -0.15) is 5.10 Å². The Hall–Kier alpha value is -2.11. The molecule has 1 amide bonds. The summed E-state index contributed by atoms with van der Waals surface area (Å²) in [7, 11) is 0. The number of rotatable bonds is 1. The molecule has 3 heterocycles. The summed E-state index contributed by atoms with van der Waals surface area (Å²) in [5, 5.41) is 4.26. The largest absolute Gasteiger partial charge is 0.444 e. The average molecular weight is 316 g/mol. The van der Waals surface area contributed by atoms with Crippen LogP contribution in [0.1, 0.15) is 50.8 Å². The van der Waals surface area contributed by atoms with Gasteiger partial charge < -0.3 is 9.64 Å². The van der Waals surface area contributed by atoms with E-state index in [1.165, 1.54) is 0 Å². The van der Waals surface area contributed by atoms with E-state index in [1.807, 2.05) is 46.2 Å². The zero-order valence-electron chi connectivity index (χ0n) is 14.2. The molecule has 0 N–H and O–H groups in total. The van der Waals surface area contributed by atoms with Gasteiger partial charge in [-0.25, -0.2) is 14.3 Å². The number of likely N-dealkylation sites (tertiary alicyclic amines) is 1. The molecule has 0 aromatic carbocycles. The van der Waals surface area contributed by atoms with Crippen molar-refractivity contribution in [3.05, 3.63) is 29.7 Å². The van der Waals surface area contributed by atoms with E-state index in [2.05, 4.69) is 5.10 Å². The molecule has 6 nitrogen and oxygen atoms in total. The maximum Gasteiger partial charge on any atom is 0.410 e. The van der Waals surface area contributed by atoms with Crippen LogP contribution in [-0.4, -0.2) is 44.3 Å². The molecule has 23 heavy (non-hydrogen) atoms. The predicted octanol–water partition coefficient (Wildman–Crippen LogP) is 3.15. The van der Waals surface area contributed by atoms with E-state index in [0.717, 1.165) is 36.3 Å². The molecule has 2 aromatic heterocycles. The smallest absolute Gasteiger partial charge is 0.410 e. The standard InChI is InChI=1S/C17H24N4O2/c1-12-10-18-21-9-7-14(19-15(12)21)13-6-5-8-20(11-13)16(22)23-17(2,3)4/h7,9-10,13H,5-6,8,11H2,1-4H3. The highest BCUT2D eigenvalue weighted by molar-refractivity contribution is 5.68. The molecular formula is C17H24N4O2. The first kappa shape index (κ1) is 15.8. The van der Waals surface area contributed by atoms with Crippen molar-refractivity contribution in [2.75, 3.05) is 13.1 Å². The minimum atomic E-state index is -0.462. The Kier molecular flexibility index (Phi) is 4.00. The topological polar surface area (TPSA) is 59.7 Å². The number of fused-ring (bicyclic) bond motifs is 1. The van der Waals surface area contributed by atoms with Crippen molar-refractivity contribution in [3.8, 4) is 0 Å². The molecule has 3 rings (SSSR count). The van der Waals surface area contributed by atoms with Crippen molar-refractivity contribution >= 4 is 11.7 Å². The number of carbonyl (C=O) groups is 1. The number of aryl methyl sites for hydroxylation is 1. The molecule has 1 fully saturated rings. The Labute approximate surface area is 136 Å². The predicted molar refractivity (Wildman–Crippen MR) is 87.5 cm³/mol. The fourth-order valence-corrected chi connectivity index (χ4v) is 2.94. The Morgan fingerprint density at radius 3 is 2.91 bits per heavy atom. The number of ether oxygens (including phenoxy) is 1. The Morgan fingerprint density at radius 1 is 1.39 bits per heavy atom. The molecule has 1 unspecified atom stereocenters. The van der Waals surface area contributed by atoms with E-state index < -0.39 is 5.60 Å². The van der Waals surface area contributed by atoms with Gasteiger partial charge in [0.25, 0.3) is 0 Å². The van der Waals surface area contributed by atoms with Crippen molar-refractivity contribution in [1.29, 1.82) is 0 Å². The number of aromatic nitrogens is 3. The first-order chi connectivity index (χ1) is 10.8. The van der Waals surface area contributed by atoms with Crippen LogP contribution in [0.5, 0.6) is 0 Å². The minimum Gasteiger partial charge on any atom is -0.444 e. The Morgan fingerprint density at radius 2 is 2.17 bits per heavy atom. The third-order valence-electron chi connectivity index (χ3n) is 4.06. The summed E-state index contributed by atoms with van der Waals surface area (Å²) in [4.78, 5) is 18.8. The van der Waals surface area contributed by atoms with Gasteiger partial charge in [-0.15, -0.1) is 0 Å². The van der Waals surface area contributed by atoms with Gasteiger partial charge >= 0.3 is 6.09 Å². The van der Waals surface area contributed by atoms with Gasteiger partial charge in [0.05, 0.1) is 6.20 Å². The highest BCUT2D eigenvalue weighted by Gasteiger charge is 2.29. The van der Waals surface area contributed by atoms with Gasteiger partial charge in [0, 0.05) is 36.5 Å². The summed E-state index contributed by atoms with van der Waals surface area (Å²) in [5.41, 5.74) is 2.51. The van der Waals surface area contributed by atoms with E-state index in [0.29, 0.717) is 6.54 Å². The minimum absolute atomic E-state index is 0.233. The normalized spacial score (nSPS) is 19.1. The molecule has 124 valence electrons. The summed E-state index contributed by atoms with van der Waals surface area (Å²) in [6.07, 6.45) is 5.53. The quantitative estimate of drug-likeness (QED) is 0.811. The van der Waals surface area contributed by atoms with E-state index in [1.54, 1.807) is 9.42 Å². The molecule has 1 aliphatic heterocycles. The van der Waals surface area contributed by atoms with Gasteiger partial charge in [0.15, 0.2) is 5.65 Å². The molecule has 0 bridgehead atoms. The lowest BCUT2D eigenvalue weighted by atomic mass is 9.95. The van der Waals surface area contributed by atoms with Crippen LogP contribution in [0.15, 0.2) is 18.5 Å². The number of amides is 1. The molecule has 6 heteroatoms. The fraction of sp³-hybridized carbons (Fsp3) is 0.588. The molecule has 1 aliphatic rings. The van der Waals surface area contributed by atoms with Crippen molar-refractivity contribution in [3.63, 3.8) is 0 Å². The van der Waals surface area contributed by atoms with Crippen LogP contribution in [0.3, 0.4) is 0 Å². The molecule has 2 aromatic rings. The maximum atomic E-state index is 12.3. The summed E-state index contributed by atoms with van der Waals surface area (Å²) in [6, 6.07) is 2.00. The van der Waals surface area contributed by atoms with Crippen molar-refractivity contribution < 1.29 is 9.53 Å². The lowest BCUT2D eigenvalue weighted by Crippen LogP contribution is -2.42. The highest BCUT2D eigenvalue weighted by Crippen LogP contribution is 2.27. The van der Waals surface area contributed by atoms with Crippen LogP contribution in [0.25, 0.3) is 5.65 Å². The second kappa shape index (κ2) is 5.83. The molecule has 0 saturated carbocycles. The first-order valence-corrected chi connectivity index (χ1v) is 8.12. The zero-order valence-corrected chi connectivity index (χ0v) is 14.2. The first-order valence-electron chi connectivity index (χ1n) is 8.12. The van der Waals surface area contributed by atoms with E-state index in [4.69, 9.17) is 9.72 Å². The third kappa shape index (κ3) is 3.46. The van der Waals surface area contributed by atoms with Gasteiger partial charge in [-0.05, 0) is 46.6 Å². The van der Waals surface area contributed by atoms with Crippen LogP contribution in [0.2, 0.25) is 0 Å². The molecule has 0 radical (unpaired) electrons. The number of nitrogens with zero attached hydrogens (tertiary/aromatic N) is 4. The molecule has 0 spiro atoms. The van der Waals surface area contributed by atoms with Crippen molar-refractivity contribution in [1.82, 2.24) is 19.5 Å². The van der Waals surface area contributed by atoms with Crippen LogP contribution < -0.4 is 0 Å². The van der Waals surface area contributed by atoms with Crippen LogP contribution >= 0.6 is 0 Å². The van der Waals surface area contributed by atoms with Gasteiger partial charge in [0.1, 0.15) is 5.60 Å². The van der Waals surface area contributed by atoms with Crippen LogP contribution in [0.4, 0.5) is 4.79 Å². The van der Waals surface area contributed by atoms with Crippen LogP contribution in [-0.2, 0) is 4.74 Å². The Bertz CT molecular complexity index is 717. The molecular weight excluding hydrogens is 292 g/mol. The molecule has 1 atom stereocenters. The van der Waals surface area contributed by atoms with E-state index in [-0.39, 0.29) is 12.0 Å². The summed E-state index contributed by atoms with van der Waals surface area (Å²) in [6.45, 7) is 9.09. The monoisotopic (exact) mass is 316 g/mol. The summed E-state index contributed by atoms with van der Waals surface area (Å²) < 4.78 is 7.28. The van der Waals surface area contributed by atoms with Crippen molar-refractivity contribution in [2.24, 2.45) is 0 Å². The van der Waals surface area contributed by atoms with Gasteiger partial charge in [-0.3, -0.25) is 0 Å². The zero-order chi connectivity index (χ0) is 16.6. The lowest BCUT2D eigenvalue weighted by Gasteiger charge is -2.33. The maximum absolute atomic E-state index is 12.3. The van der Waals surface area contributed by atoms with E-state index in [9.17, 15) is 4.79 Å². The number of hydrogen-bond donors (Lipinski definition) is 0.